The van der Waals surface area contributed by atoms with Gasteiger partial charge in [-0.05, 0) is 30.5 Å². The molecule has 12 nitrogen and oxygen atoms in total. The number of alkyl halides is 3. The third kappa shape index (κ3) is 7.18. The monoisotopic (exact) mass is 482 g/mol. The summed E-state index contributed by atoms with van der Waals surface area (Å²) in [5.41, 5.74) is 0.494. The predicted octanol–water partition coefficient (Wildman–Crippen LogP) is 2.29. The second kappa shape index (κ2) is 10.6. The molecule has 0 saturated heterocycles. The van der Waals surface area contributed by atoms with Crippen LogP contribution in [0.2, 0.25) is 0 Å². The number of hydrogen-bond acceptors (Lipinski definition) is 7. The minimum absolute atomic E-state index is 0.0162. The molecule has 0 aliphatic rings. The number of hydrogen-bond donors (Lipinski definition) is 2. The van der Waals surface area contributed by atoms with Crippen LogP contribution in [0.1, 0.15) is 28.9 Å². The van der Waals surface area contributed by atoms with Crippen molar-refractivity contribution in [1.82, 2.24) is 35.3 Å². The second-order valence-corrected chi connectivity index (χ2v) is 7.13. The molecule has 2 heterocycles. The van der Waals surface area contributed by atoms with Crippen molar-refractivity contribution in [3.8, 4) is 5.75 Å². The first-order chi connectivity index (χ1) is 16.1. The third-order valence-corrected chi connectivity index (χ3v) is 4.54. The van der Waals surface area contributed by atoms with Crippen LogP contribution in [0.5, 0.6) is 5.75 Å². The van der Waals surface area contributed by atoms with Gasteiger partial charge in [-0.2, -0.15) is 0 Å². The highest BCUT2D eigenvalue weighted by Crippen LogP contribution is 2.23. The Kier molecular flexibility index (Phi) is 7.65. The van der Waals surface area contributed by atoms with Crippen LogP contribution in [0.25, 0.3) is 0 Å². The Morgan fingerprint density at radius 3 is 2.47 bits per heavy atom. The van der Waals surface area contributed by atoms with E-state index in [0.717, 1.165) is 4.90 Å². The van der Waals surface area contributed by atoms with Crippen LogP contribution in [0.3, 0.4) is 0 Å². The van der Waals surface area contributed by atoms with Gasteiger partial charge < -0.3 is 15.2 Å². The van der Waals surface area contributed by atoms with Gasteiger partial charge in [0.05, 0.1) is 12.4 Å². The minimum atomic E-state index is -4.80. The van der Waals surface area contributed by atoms with E-state index in [1.807, 2.05) is 0 Å². The van der Waals surface area contributed by atoms with Crippen molar-refractivity contribution in [1.29, 1.82) is 0 Å². The van der Waals surface area contributed by atoms with E-state index >= 15 is 0 Å². The molecule has 0 atom stereocenters. The number of aromatic nitrogens is 6. The number of unbranched alkanes of at least 4 members (excludes halogenated alkanes) is 1. The highest BCUT2D eigenvalue weighted by molar-refractivity contribution is 5.91. The summed E-state index contributed by atoms with van der Waals surface area (Å²) in [6.45, 7) is 0.977. The average Bonchev–Trinajstić information content (AvgIpc) is 3.43. The van der Waals surface area contributed by atoms with E-state index in [0.29, 0.717) is 31.5 Å². The Labute approximate surface area is 190 Å². The molecule has 2 aromatic heterocycles. The molecule has 0 unspecified atom stereocenters. The Bertz CT molecular complexity index is 1130. The van der Waals surface area contributed by atoms with Gasteiger partial charge in [-0.25, -0.2) is 4.79 Å². The lowest BCUT2D eigenvalue weighted by atomic mass is 10.2. The molecule has 0 fully saturated rings. The molecule has 182 valence electrons. The molecular weight excluding hydrogens is 461 g/mol. The van der Waals surface area contributed by atoms with Crippen LogP contribution in [0, 0.1) is 0 Å². The first-order valence-electron chi connectivity index (χ1n) is 10.0. The molecule has 0 saturated carbocycles. The van der Waals surface area contributed by atoms with E-state index in [4.69, 9.17) is 5.11 Å². The Balaban J connectivity index is 1.42. The van der Waals surface area contributed by atoms with E-state index in [1.165, 1.54) is 47.0 Å². The summed E-state index contributed by atoms with van der Waals surface area (Å²) >= 11 is 0. The fourth-order valence-corrected chi connectivity index (χ4v) is 2.83. The molecule has 2 N–H and O–H groups in total. The zero-order valence-corrected chi connectivity index (χ0v) is 17.9. The molecule has 0 aliphatic heterocycles. The molecule has 0 bridgehead atoms. The molecule has 0 radical (unpaired) electrons. The largest absolute Gasteiger partial charge is 0.573 e. The van der Waals surface area contributed by atoms with Gasteiger partial charge in [0.15, 0.2) is 11.5 Å². The number of rotatable bonds is 10. The number of aryl methyl sites for hydroxylation is 2. The molecular formula is C19H21F3N8O4. The number of carboxylic acid groups (broad SMARTS) is 1. The van der Waals surface area contributed by atoms with Gasteiger partial charge >= 0.3 is 12.5 Å². The molecule has 0 spiro atoms. The summed E-state index contributed by atoms with van der Waals surface area (Å²) in [6, 6.07) is 5.30. The average molecular weight is 482 g/mol. The summed E-state index contributed by atoms with van der Waals surface area (Å²) in [4.78, 5) is 24.1. The quantitative estimate of drug-likeness (QED) is 0.420. The van der Waals surface area contributed by atoms with Gasteiger partial charge in [0.2, 0.25) is 0 Å². The van der Waals surface area contributed by atoms with E-state index in [9.17, 15) is 22.8 Å². The fourth-order valence-electron chi connectivity index (χ4n) is 2.83. The van der Waals surface area contributed by atoms with Crippen molar-refractivity contribution in [2.45, 2.75) is 38.8 Å². The molecule has 0 aliphatic carbocycles. The summed E-state index contributed by atoms with van der Waals surface area (Å²) in [5.74, 6) is -0.675. The number of ether oxygens (including phenoxy) is 1. The standard InChI is InChI=1S/C19H21F3N8O4/c1-28(18(32)33)16-12-30(27-25-16)8-3-2-7-29-11-15(24-26-29)17(31)23-10-13-5-4-6-14(9-13)34-19(20,21)22/h4-6,9,11-12H,2-3,7-8,10H2,1H3,(H,23,31)(H,32,33). The second-order valence-electron chi connectivity index (χ2n) is 7.13. The summed E-state index contributed by atoms with van der Waals surface area (Å²) in [7, 11) is 1.37. The smallest absolute Gasteiger partial charge is 0.465 e. The van der Waals surface area contributed by atoms with E-state index in [-0.39, 0.29) is 23.8 Å². The molecule has 2 amide bonds. The maximum Gasteiger partial charge on any atom is 0.573 e. The van der Waals surface area contributed by atoms with Crippen molar-refractivity contribution in [2.75, 3.05) is 11.9 Å². The number of benzene rings is 1. The van der Waals surface area contributed by atoms with Gasteiger partial charge in [-0.1, -0.05) is 22.6 Å². The van der Waals surface area contributed by atoms with E-state index < -0.39 is 18.4 Å². The SMILES string of the molecule is CN(C(=O)O)c1cn(CCCCn2cc(C(=O)NCc3cccc(OC(F)(F)F)c3)nn2)nn1. The minimum Gasteiger partial charge on any atom is -0.465 e. The van der Waals surface area contributed by atoms with Crippen LogP contribution < -0.4 is 15.0 Å². The highest BCUT2D eigenvalue weighted by Gasteiger charge is 2.31. The zero-order chi connectivity index (χ0) is 24.7. The van der Waals surface area contributed by atoms with Crippen molar-refractivity contribution in [3.05, 3.63) is 47.9 Å². The lowest BCUT2D eigenvalue weighted by molar-refractivity contribution is -0.274. The number of nitrogens with one attached hydrogen (secondary N) is 1. The van der Waals surface area contributed by atoms with Gasteiger partial charge in [-0.3, -0.25) is 19.1 Å². The first kappa shape index (κ1) is 24.5. The van der Waals surface area contributed by atoms with Crippen LogP contribution in [0.4, 0.5) is 23.8 Å². The highest BCUT2D eigenvalue weighted by atomic mass is 19.4. The van der Waals surface area contributed by atoms with Crippen LogP contribution in [-0.4, -0.2) is 60.5 Å². The Morgan fingerprint density at radius 1 is 1.12 bits per heavy atom. The zero-order valence-electron chi connectivity index (χ0n) is 17.9. The lowest BCUT2D eigenvalue weighted by Gasteiger charge is -2.10. The number of amides is 2. The van der Waals surface area contributed by atoms with Crippen LogP contribution >= 0.6 is 0 Å². The van der Waals surface area contributed by atoms with Crippen molar-refractivity contribution < 1.29 is 32.6 Å². The molecule has 15 heteroatoms. The number of nitrogens with zero attached hydrogens (tertiary/aromatic N) is 7. The van der Waals surface area contributed by atoms with Crippen LogP contribution in [-0.2, 0) is 19.6 Å². The topological polar surface area (TPSA) is 140 Å². The van der Waals surface area contributed by atoms with Gasteiger partial charge in [0.25, 0.3) is 5.91 Å². The lowest BCUT2D eigenvalue weighted by Crippen LogP contribution is -2.24. The number of anilines is 1. The third-order valence-electron chi connectivity index (χ3n) is 4.54. The Hall–Kier alpha value is -4.17. The van der Waals surface area contributed by atoms with Crippen molar-refractivity contribution in [3.63, 3.8) is 0 Å². The summed E-state index contributed by atoms with van der Waals surface area (Å²) in [5, 5.41) is 26.9. The van der Waals surface area contributed by atoms with Crippen LogP contribution in [0.15, 0.2) is 36.7 Å². The van der Waals surface area contributed by atoms with Gasteiger partial charge in [0, 0.05) is 26.7 Å². The summed E-state index contributed by atoms with van der Waals surface area (Å²) < 4.78 is 43.9. The molecule has 3 aromatic rings. The first-order valence-corrected chi connectivity index (χ1v) is 10.0. The normalized spacial score (nSPS) is 11.3. The number of halogens is 3. The van der Waals surface area contributed by atoms with Crippen molar-refractivity contribution in [2.24, 2.45) is 0 Å². The fraction of sp³-hybridized carbons (Fsp3) is 0.368. The molecule has 1 aromatic carbocycles. The van der Waals surface area contributed by atoms with Crippen molar-refractivity contribution >= 4 is 17.8 Å². The maximum absolute atomic E-state index is 12.3. The summed E-state index contributed by atoms with van der Waals surface area (Å²) in [6.07, 6.45) is -1.57. The molecule has 34 heavy (non-hydrogen) atoms. The van der Waals surface area contributed by atoms with Gasteiger partial charge in [0.1, 0.15) is 5.75 Å². The number of carbonyl (C=O) groups is 2. The van der Waals surface area contributed by atoms with E-state index in [1.54, 1.807) is 6.07 Å². The maximum atomic E-state index is 12.3. The van der Waals surface area contributed by atoms with Gasteiger partial charge in [-0.15, -0.1) is 23.4 Å². The Morgan fingerprint density at radius 2 is 1.79 bits per heavy atom. The molecule has 3 rings (SSSR count). The predicted molar refractivity (Wildman–Crippen MR) is 110 cm³/mol. The number of carbonyl (C=O) groups excluding carboxylic acids is 1. The van der Waals surface area contributed by atoms with E-state index in [2.05, 4.69) is 30.7 Å².